The molecule has 31 heavy (non-hydrogen) atoms. The highest BCUT2D eigenvalue weighted by atomic mass is 35.5. The summed E-state index contributed by atoms with van der Waals surface area (Å²) in [5.74, 6) is 1.35. The van der Waals surface area contributed by atoms with Gasteiger partial charge in [0.05, 0.1) is 12.9 Å². The maximum absolute atomic E-state index is 6.40. The van der Waals surface area contributed by atoms with Crippen molar-refractivity contribution >= 4 is 11.6 Å². The first-order chi connectivity index (χ1) is 15.1. The van der Waals surface area contributed by atoms with Gasteiger partial charge < -0.3 is 13.9 Å². The van der Waals surface area contributed by atoms with E-state index in [-0.39, 0.29) is 6.10 Å². The minimum Gasteiger partial charge on any atom is -0.489 e. The summed E-state index contributed by atoms with van der Waals surface area (Å²) in [6.45, 7) is 5.18. The average molecular weight is 434 g/mol. The Hall–Kier alpha value is -2.98. The Morgan fingerprint density at radius 2 is 1.74 bits per heavy atom. The first-order valence-electron chi connectivity index (χ1n) is 10.7. The van der Waals surface area contributed by atoms with Crippen LogP contribution in [0.3, 0.4) is 0 Å². The van der Waals surface area contributed by atoms with Crippen LogP contribution in [0.25, 0.3) is 5.69 Å². The van der Waals surface area contributed by atoms with Crippen molar-refractivity contribution in [2.75, 3.05) is 0 Å². The largest absolute Gasteiger partial charge is 0.489 e. The number of hydrogen-bond donors (Lipinski definition) is 0. The second-order valence-electron chi connectivity index (χ2n) is 8.12. The Morgan fingerprint density at radius 3 is 2.42 bits per heavy atom. The van der Waals surface area contributed by atoms with E-state index in [1.165, 1.54) is 11.3 Å². The lowest BCUT2D eigenvalue weighted by Crippen LogP contribution is -2.23. The Morgan fingerprint density at radius 1 is 0.968 bits per heavy atom. The van der Waals surface area contributed by atoms with Crippen LogP contribution in [0.4, 0.5) is 0 Å². The Balaban J connectivity index is 1.46. The summed E-state index contributed by atoms with van der Waals surface area (Å²) in [6.07, 6.45) is 9.58. The van der Waals surface area contributed by atoms with Crippen molar-refractivity contribution in [3.05, 3.63) is 102 Å². The predicted molar refractivity (Wildman–Crippen MR) is 126 cm³/mol. The smallest absolute Gasteiger partial charge is 0.119 e. The summed E-state index contributed by atoms with van der Waals surface area (Å²) in [5.41, 5.74) is 3.70. The van der Waals surface area contributed by atoms with E-state index >= 15 is 0 Å². The van der Waals surface area contributed by atoms with Gasteiger partial charge in [0.25, 0.3) is 0 Å². The average Bonchev–Trinajstić information content (AvgIpc) is 3.46. The van der Waals surface area contributed by atoms with Crippen molar-refractivity contribution in [3.63, 3.8) is 0 Å². The van der Waals surface area contributed by atoms with Crippen molar-refractivity contribution in [2.24, 2.45) is 0 Å². The molecule has 1 unspecified atom stereocenters. The van der Waals surface area contributed by atoms with Crippen LogP contribution in [-0.4, -0.2) is 20.2 Å². The molecule has 1 atom stereocenters. The van der Waals surface area contributed by atoms with E-state index in [1.807, 2.05) is 24.7 Å². The highest BCUT2D eigenvalue weighted by molar-refractivity contribution is 6.30. The minimum absolute atomic E-state index is 0.0357. The van der Waals surface area contributed by atoms with Gasteiger partial charge >= 0.3 is 0 Å². The molecule has 4 aromatic rings. The quantitative estimate of drug-likeness (QED) is 0.300. The Bertz CT molecular complexity index is 1070. The molecule has 0 saturated carbocycles. The van der Waals surface area contributed by atoms with Gasteiger partial charge in [-0.2, -0.15) is 0 Å². The van der Waals surface area contributed by atoms with Crippen LogP contribution >= 0.6 is 11.6 Å². The molecule has 160 valence electrons. The lowest BCUT2D eigenvalue weighted by Gasteiger charge is -2.20. The van der Waals surface area contributed by atoms with Crippen LogP contribution in [0.5, 0.6) is 5.75 Å². The molecule has 0 spiro atoms. The van der Waals surface area contributed by atoms with Gasteiger partial charge in [-0.25, -0.2) is 4.98 Å². The van der Waals surface area contributed by atoms with Crippen LogP contribution in [0.15, 0.2) is 85.6 Å². The third-order valence-electron chi connectivity index (χ3n) is 5.43. The SMILES string of the molecule is CC(C)c1cccn1-c1ccc(OC(CCc2ccc(Cl)cc2)Cn2ccnc2)cc1. The van der Waals surface area contributed by atoms with Gasteiger partial charge in [0.2, 0.25) is 0 Å². The third kappa shape index (κ3) is 5.59. The van der Waals surface area contributed by atoms with Crippen molar-refractivity contribution in [2.45, 2.75) is 45.3 Å². The number of hydrogen-bond acceptors (Lipinski definition) is 2. The maximum Gasteiger partial charge on any atom is 0.119 e. The van der Waals surface area contributed by atoms with Gasteiger partial charge in [-0.1, -0.05) is 37.6 Å². The number of halogens is 1. The second-order valence-corrected chi connectivity index (χ2v) is 8.55. The fraction of sp³-hybridized carbons (Fsp3) is 0.269. The van der Waals surface area contributed by atoms with E-state index in [0.717, 1.165) is 35.8 Å². The summed E-state index contributed by atoms with van der Waals surface area (Å²) < 4.78 is 10.7. The molecule has 0 radical (unpaired) electrons. The van der Waals surface area contributed by atoms with Crippen molar-refractivity contribution in [1.29, 1.82) is 0 Å². The standard InChI is InChI=1S/C26H28ClN3O/c1-20(2)26-4-3-16-30(26)23-10-13-24(14-11-23)31-25(18-29-17-15-28-19-29)12-7-21-5-8-22(27)9-6-21/h3-6,8-11,13-17,19-20,25H,7,12,18H2,1-2H3. The summed E-state index contributed by atoms with van der Waals surface area (Å²) >= 11 is 6.02. The normalized spacial score (nSPS) is 12.3. The number of ether oxygens (including phenoxy) is 1. The Labute approximate surface area is 189 Å². The molecule has 0 aliphatic rings. The van der Waals surface area contributed by atoms with Crippen LogP contribution in [0.1, 0.15) is 37.4 Å². The molecule has 0 amide bonds. The summed E-state index contributed by atoms with van der Waals surface area (Å²) in [6, 6.07) is 20.7. The number of rotatable bonds is 9. The van der Waals surface area contributed by atoms with E-state index in [2.05, 4.69) is 82.7 Å². The highest BCUT2D eigenvalue weighted by Gasteiger charge is 2.13. The van der Waals surface area contributed by atoms with Crippen LogP contribution in [-0.2, 0) is 13.0 Å². The van der Waals surface area contributed by atoms with E-state index in [1.54, 1.807) is 6.20 Å². The predicted octanol–water partition coefficient (Wildman–Crippen LogP) is 6.53. The molecule has 0 bridgehead atoms. The van der Waals surface area contributed by atoms with Crippen LogP contribution < -0.4 is 4.74 Å². The number of benzene rings is 2. The topological polar surface area (TPSA) is 32.0 Å². The van der Waals surface area contributed by atoms with Crippen molar-refractivity contribution < 1.29 is 4.74 Å². The Kier molecular flexibility index (Phi) is 6.78. The molecule has 0 saturated heterocycles. The molecule has 2 aromatic carbocycles. The van der Waals surface area contributed by atoms with Gasteiger partial charge in [0, 0.05) is 35.0 Å². The molecule has 4 nitrogen and oxygen atoms in total. The molecule has 5 heteroatoms. The van der Waals surface area contributed by atoms with E-state index in [9.17, 15) is 0 Å². The second kappa shape index (κ2) is 9.88. The lowest BCUT2D eigenvalue weighted by molar-refractivity contribution is 0.170. The van der Waals surface area contributed by atoms with Crippen molar-refractivity contribution in [3.8, 4) is 11.4 Å². The van der Waals surface area contributed by atoms with Gasteiger partial charge in [0.15, 0.2) is 0 Å². The molecule has 2 heterocycles. The highest BCUT2D eigenvalue weighted by Crippen LogP contribution is 2.23. The fourth-order valence-electron chi connectivity index (χ4n) is 3.77. The first kappa shape index (κ1) is 21.3. The fourth-order valence-corrected chi connectivity index (χ4v) is 3.90. The molecule has 0 aliphatic carbocycles. The molecule has 0 fully saturated rings. The number of aryl methyl sites for hydroxylation is 1. The molecular formula is C26H28ClN3O. The van der Waals surface area contributed by atoms with Gasteiger partial charge in [-0.3, -0.25) is 0 Å². The zero-order valence-electron chi connectivity index (χ0n) is 18.0. The lowest BCUT2D eigenvalue weighted by atomic mass is 10.1. The summed E-state index contributed by atoms with van der Waals surface area (Å²) in [4.78, 5) is 4.16. The molecule has 0 aliphatic heterocycles. The molecule has 0 N–H and O–H groups in total. The van der Waals surface area contributed by atoms with Gasteiger partial charge in [-0.05, 0) is 72.9 Å². The number of nitrogens with zero attached hydrogens (tertiary/aromatic N) is 3. The van der Waals surface area contributed by atoms with E-state index < -0.39 is 0 Å². The number of aromatic nitrogens is 3. The van der Waals surface area contributed by atoms with E-state index in [0.29, 0.717) is 5.92 Å². The van der Waals surface area contributed by atoms with Gasteiger partial charge in [0.1, 0.15) is 11.9 Å². The van der Waals surface area contributed by atoms with Crippen LogP contribution in [0, 0.1) is 0 Å². The van der Waals surface area contributed by atoms with Crippen molar-refractivity contribution in [1.82, 2.24) is 14.1 Å². The number of imidazole rings is 1. The van der Waals surface area contributed by atoms with Gasteiger partial charge in [-0.15, -0.1) is 0 Å². The van der Waals surface area contributed by atoms with Crippen LogP contribution in [0.2, 0.25) is 5.02 Å². The summed E-state index contributed by atoms with van der Waals surface area (Å²) in [5, 5.41) is 0.762. The zero-order chi connectivity index (χ0) is 21.6. The molecule has 4 rings (SSSR count). The summed E-state index contributed by atoms with van der Waals surface area (Å²) in [7, 11) is 0. The monoisotopic (exact) mass is 433 g/mol. The third-order valence-corrected chi connectivity index (χ3v) is 5.68. The minimum atomic E-state index is 0.0357. The first-order valence-corrected chi connectivity index (χ1v) is 11.1. The zero-order valence-corrected chi connectivity index (χ0v) is 18.7. The van der Waals surface area contributed by atoms with E-state index in [4.69, 9.17) is 16.3 Å². The molecular weight excluding hydrogens is 406 g/mol. The molecule has 2 aromatic heterocycles. The maximum atomic E-state index is 6.40.